The van der Waals surface area contributed by atoms with Crippen molar-refractivity contribution in [2.24, 2.45) is 4.99 Å². The van der Waals surface area contributed by atoms with Crippen LogP contribution in [0.3, 0.4) is 0 Å². The molecule has 0 N–H and O–H groups in total. The number of aliphatic imine (C=N–C) groups is 1. The SMILES string of the molecule is C=Nc1cc(C#N)ccc1C(=C)OC. The average molecular weight is 186 g/mol. The molecule has 14 heavy (non-hydrogen) atoms. The molecule has 1 aromatic rings. The lowest BCUT2D eigenvalue weighted by Gasteiger charge is -2.07. The predicted molar refractivity (Wildman–Crippen MR) is 56.4 cm³/mol. The zero-order valence-corrected chi connectivity index (χ0v) is 7.95. The largest absolute Gasteiger partial charge is 0.497 e. The highest BCUT2D eigenvalue weighted by Gasteiger charge is 2.05. The third-order valence-corrected chi connectivity index (χ3v) is 1.84. The van der Waals surface area contributed by atoms with Crippen LogP contribution in [0.1, 0.15) is 11.1 Å². The van der Waals surface area contributed by atoms with E-state index >= 15 is 0 Å². The van der Waals surface area contributed by atoms with Gasteiger partial charge >= 0.3 is 0 Å². The van der Waals surface area contributed by atoms with Gasteiger partial charge in [0.25, 0.3) is 0 Å². The smallest absolute Gasteiger partial charge is 0.121 e. The Hall–Kier alpha value is -2.08. The van der Waals surface area contributed by atoms with Gasteiger partial charge in [-0.3, -0.25) is 4.99 Å². The molecule has 3 nitrogen and oxygen atoms in total. The Morgan fingerprint density at radius 2 is 2.29 bits per heavy atom. The van der Waals surface area contributed by atoms with Gasteiger partial charge in [-0.1, -0.05) is 6.58 Å². The van der Waals surface area contributed by atoms with Gasteiger partial charge in [0.05, 0.1) is 24.4 Å². The molecular formula is C11H10N2O. The molecule has 0 aliphatic rings. The summed E-state index contributed by atoms with van der Waals surface area (Å²) in [5, 5.41) is 8.68. The number of ether oxygens (including phenoxy) is 1. The molecule has 0 amide bonds. The Morgan fingerprint density at radius 3 is 2.79 bits per heavy atom. The average Bonchev–Trinajstić information content (AvgIpc) is 2.27. The molecule has 0 aliphatic carbocycles. The Kier molecular flexibility index (Phi) is 3.03. The zero-order chi connectivity index (χ0) is 10.6. The van der Waals surface area contributed by atoms with Crippen LogP contribution in [0.15, 0.2) is 29.8 Å². The summed E-state index contributed by atoms with van der Waals surface area (Å²) in [6.07, 6.45) is 0. The van der Waals surface area contributed by atoms with E-state index in [9.17, 15) is 0 Å². The summed E-state index contributed by atoms with van der Waals surface area (Å²) in [5.41, 5.74) is 1.90. The molecule has 0 fully saturated rings. The summed E-state index contributed by atoms with van der Waals surface area (Å²) in [5.74, 6) is 0.511. The van der Waals surface area contributed by atoms with Gasteiger partial charge in [-0.25, -0.2) is 0 Å². The lowest BCUT2D eigenvalue weighted by atomic mass is 10.1. The number of hydrogen-bond donors (Lipinski definition) is 0. The molecule has 0 saturated heterocycles. The first-order valence-electron chi connectivity index (χ1n) is 3.97. The maximum Gasteiger partial charge on any atom is 0.121 e. The van der Waals surface area contributed by atoms with Gasteiger partial charge in [0, 0.05) is 5.56 Å². The summed E-state index contributed by atoms with van der Waals surface area (Å²) in [7, 11) is 1.54. The lowest BCUT2D eigenvalue weighted by molar-refractivity contribution is 0.371. The molecule has 0 radical (unpaired) electrons. The molecule has 0 saturated carbocycles. The van der Waals surface area contributed by atoms with Crippen molar-refractivity contribution >= 4 is 18.2 Å². The van der Waals surface area contributed by atoms with Gasteiger partial charge in [-0.15, -0.1) is 0 Å². The fraction of sp³-hybridized carbons (Fsp3) is 0.0909. The molecule has 70 valence electrons. The number of nitrogens with zero attached hydrogens (tertiary/aromatic N) is 2. The summed E-state index contributed by atoms with van der Waals surface area (Å²) < 4.78 is 4.99. The van der Waals surface area contributed by atoms with Gasteiger partial charge in [-0.2, -0.15) is 5.26 Å². The second-order valence-electron chi connectivity index (χ2n) is 2.63. The van der Waals surface area contributed by atoms with Crippen LogP contribution in [0.2, 0.25) is 0 Å². The van der Waals surface area contributed by atoms with E-state index in [0.29, 0.717) is 17.0 Å². The van der Waals surface area contributed by atoms with Crippen molar-refractivity contribution in [2.75, 3.05) is 7.11 Å². The van der Waals surface area contributed by atoms with E-state index in [2.05, 4.69) is 18.3 Å². The number of hydrogen-bond acceptors (Lipinski definition) is 3. The van der Waals surface area contributed by atoms with E-state index < -0.39 is 0 Å². The van der Waals surface area contributed by atoms with Crippen molar-refractivity contribution in [3.05, 3.63) is 35.9 Å². The molecule has 0 heterocycles. The van der Waals surface area contributed by atoms with E-state index in [1.54, 1.807) is 18.2 Å². The minimum atomic E-state index is 0.511. The number of benzene rings is 1. The number of methoxy groups -OCH3 is 1. The molecule has 3 heteroatoms. The highest BCUT2D eigenvalue weighted by atomic mass is 16.5. The second-order valence-corrected chi connectivity index (χ2v) is 2.63. The zero-order valence-electron chi connectivity index (χ0n) is 7.95. The minimum Gasteiger partial charge on any atom is -0.497 e. The van der Waals surface area contributed by atoms with Crippen molar-refractivity contribution in [1.82, 2.24) is 0 Å². The second kappa shape index (κ2) is 4.24. The quantitative estimate of drug-likeness (QED) is 0.537. The van der Waals surface area contributed by atoms with E-state index in [0.717, 1.165) is 5.56 Å². The van der Waals surface area contributed by atoms with E-state index in [1.165, 1.54) is 7.11 Å². The summed E-state index contributed by atoms with van der Waals surface area (Å²) in [6, 6.07) is 7.11. The summed E-state index contributed by atoms with van der Waals surface area (Å²) in [6.45, 7) is 7.14. The number of nitriles is 1. The third kappa shape index (κ3) is 1.80. The first kappa shape index (κ1) is 10.0. The molecule has 1 aromatic carbocycles. The van der Waals surface area contributed by atoms with Gasteiger partial charge in [0.2, 0.25) is 0 Å². The molecule has 0 aromatic heterocycles. The molecule has 0 aliphatic heterocycles. The fourth-order valence-electron chi connectivity index (χ4n) is 1.08. The maximum absolute atomic E-state index is 8.68. The molecule has 1 rings (SSSR count). The van der Waals surface area contributed by atoms with E-state index in [4.69, 9.17) is 10.00 Å². The van der Waals surface area contributed by atoms with Crippen molar-refractivity contribution in [3.8, 4) is 6.07 Å². The molecule has 0 unspecified atom stereocenters. The van der Waals surface area contributed by atoms with Gasteiger partial charge in [0.15, 0.2) is 0 Å². The first-order chi connectivity index (χ1) is 6.72. The third-order valence-electron chi connectivity index (χ3n) is 1.84. The maximum atomic E-state index is 8.68. The number of rotatable bonds is 3. The van der Waals surface area contributed by atoms with E-state index in [-0.39, 0.29) is 0 Å². The van der Waals surface area contributed by atoms with Crippen LogP contribution in [0.25, 0.3) is 5.76 Å². The summed E-state index contributed by atoms with van der Waals surface area (Å²) in [4.78, 5) is 3.81. The van der Waals surface area contributed by atoms with Gasteiger partial charge in [0.1, 0.15) is 5.76 Å². The van der Waals surface area contributed by atoms with Gasteiger partial charge in [-0.05, 0) is 24.9 Å². The van der Waals surface area contributed by atoms with Crippen LogP contribution in [-0.4, -0.2) is 13.8 Å². The summed E-state index contributed by atoms with van der Waals surface area (Å²) >= 11 is 0. The normalized spacial score (nSPS) is 8.86. The highest BCUT2D eigenvalue weighted by Crippen LogP contribution is 2.26. The molecule has 0 spiro atoms. The van der Waals surface area contributed by atoms with Crippen LogP contribution in [0, 0.1) is 11.3 Å². The Balaban J connectivity index is 3.26. The Bertz CT molecular complexity index is 416. The topological polar surface area (TPSA) is 45.4 Å². The molecule has 0 atom stereocenters. The lowest BCUT2D eigenvalue weighted by Crippen LogP contribution is -1.87. The van der Waals surface area contributed by atoms with Crippen LogP contribution >= 0.6 is 0 Å². The van der Waals surface area contributed by atoms with Crippen molar-refractivity contribution in [2.45, 2.75) is 0 Å². The fourth-order valence-corrected chi connectivity index (χ4v) is 1.08. The first-order valence-corrected chi connectivity index (χ1v) is 3.97. The minimum absolute atomic E-state index is 0.511. The van der Waals surface area contributed by atoms with Gasteiger partial charge < -0.3 is 4.74 Å². The molecule has 0 bridgehead atoms. The highest BCUT2D eigenvalue weighted by molar-refractivity contribution is 5.71. The van der Waals surface area contributed by atoms with Crippen LogP contribution in [0.4, 0.5) is 5.69 Å². The van der Waals surface area contributed by atoms with E-state index in [1.807, 2.05) is 6.07 Å². The Labute approximate surface area is 83.0 Å². The standard InChI is InChI=1S/C11H10N2O/c1-8(14-3)10-5-4-9(7-12)6-11(10)13-2/h4-6H,1-2H2,3H3. The van der Waals surface area contributed by atoms with Crippen LogP contribution < -0.4 is 0 Å². The Morgan fingerprint density at radius 1 is 1.57 bits per heavy atom. The van der Waals surface area contributed by atoms with Crippen molar-refractivity contribution in [1.29, 1.82) is 5.26 Å². The monoisotopic (exact) mass is 186 g/mol. The van der Waals surface area contributed by atoms with Crippen molar-refractivity contribution in [3.63, 3.8) is 0 Å². The molecular weight excluding hydrogens is 176 g/mol. The van der Waals surface area contributed by atoms with Crippen molar-refractivity contribution < 1.29 is 4.74 Å². The predicted octanol–water partition coefficient (Wildman–Crippen LogP) is 2.51. The van der Waals surface area contributed by atoms with Crippen LogP contribution in [0.5, 0.6) is 0 Å². The van der Waals surface area contributed by atoms with Crippen LogP contribution in [-0.2, 0) is 4.74 Å².